The Hall–Kier alpha value is -1.69. The standard InChI is InChI=1S/C18H26N2O3/c1-3-12(2)17(11-21)19-16-8-6-14-10-13(4-7-15(14)16)5-9-18(22)20-23/h4-5,7,9-10,12,16-17,19,21,23H,3,6,8,11H2,1-2H3,(H,20,22). The number of nitrogens with one attached hydrogen (secondary N) is 2. The molecule has 0 saturated heterocycles. The smallest absolute Gasteiger partial charge is 0.267 e. The Bertz CT molecular complexity index is 571. The highest BCUT2D eigenvalue weighted by atomic mass is 16.5. The van der Waals surface area contributed by atoms with E-state index in [1.165, 1.54) is 17.2 Å². The van der Waals surface area contributed by atoms with Gasteiger partial charge in [-0.3, -0.25) is 10.0 Å². The third-order valence-corrected chi connectivity index (χ3v) is 4.72. The van der Waals surface area contributed by atoms with Crippen LogP contribution in [0.25, 0.3) is 6.08 Å². The molecule has 0 saturated carbocycles. The number of amides is 1. The molecule has 5 heteroatoms. The van der Waals surface area contributed by atoms with Gasteiger partial charge in [0.2, 0.25) is 0 Å². The lowest BCUT2D eigenvalue weighted by Crippen LogP contribution is -2.39. The molecule has 0 aromatic heterocycles. The Kier molecular flexibility index (Phi) is 6.33. The molecule has 5 nitrogen and oxygen atoms in total. The molecule has 3 atom stereocenters. The average molecular weight is 318 g/mol. The van der Waals surface area contributed by atoms with Crippen LogP contribution in [0.3, 0.4) is 0 Å². The van der Waals surface area contributed by atoms with Gasteiger partial charge >= 0.3 is 0 Å². The first-order chi connectivity index (χ1) is 11.1. The molecular formula is C18H26N2O3. The monoisotopic (exact) mass is 318 g/mol. The molecule has 3 unspecified atom stereocenters. The zero-order valence-corrected chi connectivity index (χ0v) is 13.7. The Labute approximate surface area is 137 Å². The molecule has 2 rings (SSSR count). The first-order valence-corrected chi connectivity index (χ1v) is 8.20. The van der Waals surface area contributed by atoms with Gasteiger partial charge < -0.3 is 10.4 Å². The molecule has 0 radical (unpaired) electrons. The van der Waals surface area contributed by atoms with Crippen molar-refractivity contribution in [2.45, 2.75) is 45.2 Å². The number of aliphatic hydroxyl groups is 1. The van der Waals surface area contributed by atoms with Crippen molar-refractivity contribution in [1.29, 1.82) is 0 Å². The summed E-state index contributed by atoms with van der Waals surface area (Å²) in [7, 11) is 0. The largest absolute Gasteiger partial charge is 0.395 e. The minimum Gasteiger partial charge on any atom is -0.395 e. The van der Waals surface area contributed by atoms with Gasteiger partial charge in [0.25, 0.3) is 5.91 Å². The highest BCUT2D eigenvalue weighted by Gasteiger charge is 2.26. The Morgan fingerprint density at radius 2 is 2.26 bits per heavy atom. The van der Waals surface area contributed by atoms with Crippen LogP contribution in [0.1, 0.15) is 49.4 Å². The predicted octanol–water partition coefficient (Wildman–Crippen LogP) is 2.19. The van der Waals surface area contributed by atoms with Gasteiger partial charge in [-0.1, -0.05) is 38.5 Å². The summed E-state index contributed by atoms with van der Waals surface area (Å²) in [5.74, 6) is -0.104. The number of rotatable bonds is 7. The molecular weight excluding hydrogens is 292 g/mol. The van der Waals surface area contributed by atoms with Crippen LogP contribution in [0.5, 0.6) is 0 Å². The molecule has 0 bridgehead atoms. The number of carbonyl (C=O) groups excluding carboxylic acids is 1. The maximum absolute atomic E-state index is 11.0. The maximum atomic E-state index is 11.0. The van der Waals surface area contributed by atoms with Gasteiger partial charge in [0, 0.05) is 18.2 Å². The van der Waals surface area contributed by atoms with Crippen LogP contribution >= 0.6 is 0 Å². The van der Waals surface area contributed by atoms with E-state index in [-0.39, 0.29) is 18.7 Å². The van der Waals surface area contributed by atoms with Crippen molar-refractivity contribution < 1.29 is 15.1 Å². The number of hydrogen-bond acceptors (Lipinski definition) is 4. The molecule has 1 aromatic rings. The van der Waals surface area contributed by atoms with Crippen molar-refractivity contribution in [2.75, 3.05) is 6.61 Å². The summed E-state index contributed by atoms with van der Waals surface area (Å²) < 4.78 is 0. The molecule has 0 spiro atoms. The molecule has 0 aliphatic heterocycles. The topological polar surface area (TPSA) is 81.6 Å². The molecule has 0 heterocycles. The Balaban J connectivity index is 2.09. The first kappa shape index (κ1) is 17.7. The van der Waals surface area contributed by atoms with Crippen LogP contribution in [-0.2, 0) is 11.2 Å². The lowest BCUT2D eigenvalue weighted by atomic mass is 9.97. The fourth-order valence-corrected chi connectivity index (χ4v) is 3.06. The molecule has 1 aliphatic rings. The van der Waals surface area contributed by atoms with E-state index in [1.807, 2.05) is 6.07 Å². The number of aliphatic hydroxyl groups excluding tert-OH is 1. The van der Waals surface area contributed by atoms with E-state index in [9.17, 15) is 9.90 Å². The summed E-state index contributed by atoms with van der Waals surface area (Å²) in [6, 6.07) is 6.52. The molecule has 23 heavy (non-hydrogen) atoms. The number of hydrogen-bond donors (Lipinski definition) is 4. The summed E-state index contributed by atoms with van der Waals surface area (Å²) in [4.78, 5) is 11.0. The molecule has 1 aliphatic carbocycles. The van der Waals surface area contributed by atoms with Crippen LogP contribution in [0.15, 0.2) is 24.3 Å². The van der Waals surface area contributed by atoms with Crippen LogP contribution in [-0.4, -0.2) is 28.9 Å². The summed E-state index contributed by atoms with van der Waals surface area (Å²) in [6.07, 6.45) is 6.03. The number of benzene rings is 1. The van der Waals surface area contributed by atoms with E-state index in [1.54, 1.807) is 11.6 Å². The summed E-state index contributed by atoms with van der Waals surface area (Å²) in [6.45, 7) is 4.44. The highest BCUT2D eigenvalue weighted by molar-refractivity contribution is 5.90. The lowest BCUT2D eigenvalue weighted by Gasteiger charge is -2.26. The van der Waals surface area contributed by atoms with E-state index < -0.39 is 5.91 Å². The second kappa shape index (κ2) is 8.24. The molecule has 0 fully saturated rings. The zero-order chi connectivity index (χ0) is 16.8. The third-order valence-electron chi connectivity index (χ3n) is 4.72. The van der Waals surface area contributed by atoms with E-state index in [2.05, 4.69) is 31.3 Å². The number of carbonyl (C=O) groups is 1. The Morgan fingerprint density at radius 1 is 1.48 bits per heavy atom. The summed E-state index contributed by atoms with van der Waals surface area (Å²) in [5.41, 5.74) is 5.06. The van der Waals surface area contributed by atoms with E-state index in [0.29, 0.717) is 5.92 Å². The fourth-order valence-electron chi connectivity index (χ4n) is 3.06. The van der Waals surface area contributed by atoms with E-state index >= 15 is 0 Å². The number of aryl methyl sites for hydroxylation is 1. The summed E-state index contributed by atoms with van der Waals surface area (Å²) in [5, 5.41) is 21.7. The van der Waals surface area contributed by atoms with Crippen LogP contribution < -0.4 is 10.8 Å². The van der Waals surface area contributed by atoms with Crippen molar-refractivity contribution in [2.24, 2.45) is 5.92 Å². The van der Waals surface area contributed by atoms with Crippen molar-refractivity contribution >= 4 is 12.0 Å². The third kappa shape index (κ3) is 4.41. The van der Waals surface area contributed by atoms with Gasteiger partial charge in [0.05, 0.1) is 6.61 Å². The quantitative estimate of drug-likeness (QED) is 0.353. The van der Waals surface area contributed by atoms with Crippen LogP contribution in [0, 0.1) is 5.92 Å². The van der Waals surface area contributed by atoms with Crippen molar-refractivity contribution in [3.8, 4) is 0 Å². The second-order valence-electron chi connectivity index (χ2n) is 6.20. The molecule has 1 aromatic carbocycles. The van der Waals surface area contributed by atoms with E-state index in [0.717, 1.165) is 24.8 Å². The lowest BCUT2D eigenvalue weighted by molar-refractivity contribution is -0.124. The van der Waals surface area contributed by atoms with E-state index in [4.69, 9.17) is 5.21 Å². The average Bonchev–Trinajstić information content (AvgIpc) is 2.98. The maximum Gasteiger partial charge on any atom is 0.267 e. The zero-order valence-electron chi connectivity index (χ0n) is 13.7. The number of fused-ring (bicyclic) bond motifs is 1. The SMILES string of the molecule is CCC(C)C(CO)NC1CCc2cc(C=CC(=O)NO)ccc21. The Morgan fingerprint density at radius 3 is 2.91 bits per heavy atom. The fraction of sp³-hybridized carbons (Fsp3) is 0.500. The molecule has 126 valence electrons. The molecule has 1 amide bonds. The van der Waals surface area contributed by atoms with Gasteiger partial charge in [-0.2, -0.15) is 0 Å². The van der Waals surface area contributed by atoms with Gasteiger partial charge in [-0.15, -0.1) is 0 Å². The van der Waals surface area contributed by atoms with Crippen LogP contribution in [0.2, 0.25) is 0 Å². The molecule has 4 N–H and O–H groups in total. The summed E-state index contributed by atoms with van der Waals surface area (Å²) >= 11 is 0. The van der Waals surface area contributed by atoms with Gasteiger partial charge in [0.1, 0.15) is 0 Å². The van der Waals surface area contributed by atoms with Gasteiger partial charge in [-0.25, -0.2) is 5.48 Å². The van der Waals surface area contributed by atoms with Gasteiger partial charge in [0.15, 0.2) is 0 Å². The normalized spacial score (nSPS) is 19.6. The van der Waals surface area contributed by atoms with Crippen molar-refractivity contribution in [3.05, 3.63) is 41.0 Å². The van der Waals surface area contributed by atoms with Crippen molar-refractivity contribution in [3.63, 3.8) is 0 Å². The second-order valence-corrected chi connectivity index (χ2v) is 6.20. The predicted molar refractivity (Wildman–Crippen MR) is 89.9 cm³/mol. The minimum atomic E-state index is -0.538. The first-order valence-electron chi connectivity index (χ1n) is 8.20. The minimum absolute atomic E-state index is 0.115. The van der Waals surface area contributed by atoms with Crippen molar-refractivity contribution in [1.82, 2.24) is 10.8 Å². The van der Waals surface area contributed by atoms with Gasteiger partial charge in [-0.05, 0) is 41.5 Å². The number of hydroxylamine groups is 1. The van der Waals surface area contributed by atoms with Crippen LogP contribution in [0.4, 0.5) is 0 Å². The highest BCUT2D eigenvalue weighted by Crippen LogP contribution is 2.33.